The van der Waals surface area contributed by atoms with Gasteiger partial charge in [0.25, 0.3) is 0 Å². The van der Waals surface area contributed by atoms with Gasteiger partial charge in [-0.25, -0.2) is 9.78 Å². The van der Waals surface area contributed by atoms with Gasteiger partial charge in [0.05, 0.1) is 22.8 Å². The quantitative estimate of drug-likeness (QED) is 0.931. The Morgan fingerprint density at radius 3 is 2.95 bits per heavy atom. The summed E-state index contributed by atoms with van der Waals surface area (Å²) >= 11 is 1.63. The van der Waals surface area contributed by atoms with E-state index in [0.717, 1.165) is 15.2 Å². The summed E-state index contributed by atoms with van der Waals surface area (Å²) in [6.45, 7) is 3.37. The predicted octanol–water partition coefficient (Wildman–Crippen LogP) is 1.67. The van der Waals surface area contributed by atoms with Gasteiger partial charge in [-0.2, -0.15) is 0 Å². The number of carbonyl (C=O) groups is 2. The maximum Gasteiger partial charge on any atom is 0.324 e. The van der Waals surface area contributed by atoms with Crippen molar-refractivity contribution in [3.05, 3.63) is 29.3 Å². The molecule has 3 rings (SSSR count). The van der Waals surface area contributed by atoms with Gasteiger partial charge in [-0.15, -0.1) is 11.3 Å². The summed E-state index contributed by atoms with van der Waals surface area (Å²) in [6.07, 6.45) is 0. The molecule has 1 aliphatic heterocycles. The Morgan fingerprint density at radius 1 is 1.50 bits per heavy atom. The molecule has 116 valence electrons. The number of para-hydroxylation sites is 1. The molecule has 1 aromatic carbocycles. The molecule has 1 saturated heterocycles. The lowest BCUT2D eigenvalue weighted by Crippen LogP contribution is -2.46. The van der Waals surface area contributed by atoms with E-state index in [1.165, 1.54) is 4.90 Å². The second kappa shape index (κ2) is 6.02. The molecular formula is C15H18N4O2S. The molecule has 0 unspecified atom stereocenters. The number of rotatable bonds is 4. The molecule has 1 N–H and O–H groups in total. The number of nitrogens with one attached hydrogen (secondary N) is 1. The summed E-state index contributed by atoms with van der Waals surface area (Å²) in [5.74, 6) is -0.168. The molecule has 0 aliphatic carbocycles. The Balaban J connectivity index is 1.69. The van der Waals surface area contributed by atoms with E-state index in [-0.39, 0.29) is 18.0 Å². The number of aromatic nitrogens is 1. The van der Waals surface area contributed by atoms with Crippen LogP contribution >= 0.6 is 11.3 Å². The van der Waals surface area contributed by atoms with Gasteiger partial charge < -0.3 is 5.32 Å². The van der Waals surface area contributed by atoms with E-state index in [9.17, 15) is 9.59 Å². The van der Waals surface area contributed by atoms with Gasteiger partial charge in [-0.1, -0.05) is 12.1 Å². The zero-order chi connectivity index (χ0) is 15.7. The molecule has 1 aliphatic rings. The second-order valence-electron chi connectivity index (χ2n) is 5.39. The molecule has 1 fully saturated rings. The number of hydrogen-bond acceptors (Lipinski definition) is 5. The average Bonchev–Trinajstić information content (AvgIpc) is 3.10. The van der Waals surface area contributed by atoms with Gasteiger partial charge in [0.2, 0.25) is 5.91 Å². The molecule has 1 atom stereocenters. The zero-order valence-electron chi connectivity index (χ0n) is 12.6. The summed E-state index contributed by atoms with van der Waals surface area (Å²) in [5, 5.41) is 3.62. The first kappa shape index (κ1) is 14.9. The third-order valence-electron chi connectivity index (χ3n) is 3.86. The van der Waals surface area contributed by atoms with Crippen molar-refractivity contribution in [1.82, 2.24) is 20.1 Å². The molecule has 0 spiro atoms. The van der Waals surface area contributed by atoms with Crippen LogP contribution in [0.2, 0.25) is 0 Å². The molecule has 0 saturated carbocycles. The summed E-state index contributed by atoms with van der Waals surface area (Å²) in [6, 6.07) is 7.32. The number of fused-ring (bicyclic) bond motifs is 1. The van der Waals surface area contributed by atoms with Crippen molar-refractivity contribution < 1.29 is 9.59 Å². The number of amides is 3. The zero-order valence-corrected chi connectivity index (χ0v) is 13.4. The fourth-order valence-corrected chi connectivity index (χ4v) is 3.46. The van der Waals surface area contributed by atoms with Crippen LogP contribution in [0.15, 0.2) is 24.3 Å². The first-order valence-corrected chi connectivity index (χ1v) is 8.02. The Morgan fingerprint density at radius 2 is 2.27 bits per heavy atom. The average molecular weight is 318 g/mol. The molecule has 0 radical (unpaired) electrons. The van der Waals surface area contributed by atoms with E-state index in [1.807, 2.05) is 43.1 Å². The highest BCUT2D eigenvalue weighted by molar-refractivity contribution is 7.18. The molecule has 6 nitrogen and oxygen atoms in total. The molecular weight excluding hydrogens is 300 g/mol. The minimum absolute atomic E-state index is 0.168. The van der Waals surface area contributed by atoms with E-state index in [0.29, 0.717) is 19.6 Å². The van der Waals surface area contributed by atoms with E-state index in [2.05, 4.69) is 10.3 Å². The lowest BCUT2D eigenvalue weighted by atomic mass is 10.2. The Labute approximate surface area is 132 Å². The van der Waals surface area contributed by atoms with Crippen LogP contribution in [0.25, 0.3) is 10.2 Å². The number of imide groups is 1. The normalized spacial score (nSPS) is 16.3. The fraction of sp³-hybridized carbons (Fsp3) is 0.400. The van der Waals surface area contributed by atoms with E-state index < -0.39 is 0 Å². The van der Waals surface area contributed by atoms with Gasteiger partial charge in [-0.3, -0.25) is 14.6 Å². The van der Waals surface area contributed by atoms with Crippen LogP contribution in [0.1, 0.15) is 11.9 Å². The Kier molecular flexibility index (Phi) is 4.08. The van der Waals surface area contributed by atoms with E-state index in [4.69, 9.17) is 0 Å². The first-order chi connectivity index (χ1) is 10.6. The van der Waals surface area contributed by atoms with Crippen molar-refractivity contribution in [3.63, 3.8) is 0 Å². The standard InChI is InChI=1S/C15H18N4O2S/c1-10(14(20)19-8-7-16-15(19)21)18(2)9-13-17-11-5-3-4-6-12(11)22-13/h3-6,10H,7-9H2,1-2H3,(H,16,21)/t10-/m0/s1. The van der Waals surface area contributed by atoms with Crippen molar-refractivity contribution in [2.45, 2.75) is 19.5 Å². The third kappa shape index (κ3) is 2.82. The first-order valence-electron chi connectivity index (χ1n) is 7.20. The number of benzene rings is 1. The van der Waals surface area contributed by atoms with Crippen LogP contribution in [-0.2, 0) is 11.3 Å². The van der Waals surface area contributed by atoms with Gasteiger partial charge in [0, 0.05) is 13.1 Å². The summed E-state index contributed by atoms with van der Waals surface area (Å²) in [7, 11) is 1.88. The lowest BCUT2D eigenvalue weighted by molar-refractivity contribution is -0.132. The van der Waals surface area contributed by atoms with Crippen molar-refractivity contribution in [2.75, 3.05) is 20.1 Å². The van der Waals surface area contributed by atoms with Crippen LogP contribution in [-0.4, -0.2) is 52.9 Å². The topological polar surface area (TPSA) is 65.5 Å². The van der Waals surface area contributed by atoms with Crippen LogP contribution in [0.3, 0.4) is 0 Å². The molecule has 0 bridgehead atoms. The van der Waals surface area contributed by atoms with Crippen molar-refractivity contribution >= 4 is 33.5 Å². The fourth-order valence-electron chi connectivity index (χ4n) is 2.43. The van der Waals surface area contributed by atoms with Crippen molar-refractivity contribution in [1.29, 1.82) is 0 Å². The summed E-state index contributed by atoms with van der Waals surface area (Å²) in [4.78, 5) is 31.7. The molecule has 2 heterocycles. The number of carbonyl (C=O) groups excluding carboxylic acids is 2. The molecule has 7 heteroatoms. The van der Waals surface area contributed by atoms with E-state index in [1.54, 1.807) is 11.3 Å². The van der Waals surface area contributed by atoms with Crippen LogP contribution in [0, 0.1) is 0 Å². The number of nitrogens with zero attached hydrogens (tertiary/aromatic N) is 3. The minimum Gasteiger partial charge on any atom is -0.336 e. The summed E-state index contributed by atoms with van der Waals surface area (Å²) in [5.41, 5.74) is 0.980. The number of likely N-dealkylation sites (N-methyl/N-ethyl adjacent to an activating group) is 1. The second-order valence-corrected chi connectivity index (χ2v) is 6.50. The van der Waals surface area contributed by atoms with Gasteiger partial charge in [0.1, 0.15) is 5.01 Å². The molecule has 2 aromatic rings. The largest absolute Gasteiger partial charge is 0.336 e. The number of urea groups is 1. The SMILES string of the molecule is C[C@@H](C(=O)N1CCNC1=O)N(C)Cc1nc2ccccc2s1. The lowest BCUT2D eigenvalue weighted by Gasteiger charge is -2.25. The predicted molar refractivity (Wildman–Crippen MR) is 85.7 cm³/mol. The highest BCUT2D eigenvalue weighted by atomic mass is 32.1. The molecule has 1 aromatic heterocycles. The molecule has 3 amide bonds. The van der Waals surface area contributed by atoms with Gasteiger partial charge in [0.15, 0.2) is 0 Å². The third-order valence-corrected chi connectivity index (χ3v) is 4.89. The maximum absolute atomic E-state index is 12.4. The van der Waals surface area contributed by atoms with Crippen LogP contribution in [0.5, 0.6) is 0 Å². The highest BCUT2D eigenvalue weighted by Crippen LogP contribution is 2.23. The smallest absolute Gasteiger partial charge is 0.324 e. The van der Waals surface area contributed by atoms with Crippen molar-refractivity contribution in [3.8, 4) is 0 Å². The van der Waals surface area contributed by atoms with Crippen LogP contribution < -0.4 is 5.32 Å². The van der Waals surface area contributed by atoms with Crippen molar-refractivity contribution in [2.24, 2.45) is 0 Å². The minimum atomic E-state index is -0.365. The van der Waals surface area contributed by atoms with Gasteiger partial charge >= 0.3 is 6.03 Å². The van der Waals surface area contributed by atoms with E-state index >= 15 is 0 Å². The van der Waals surface area contributed by atoms with Crippen LogP contribution in [0.4, 0.5) is 4.79 Å². The number of hydrogen-bond donors (Lipinski definition) is 1. The summed E-state index contributed by atoms with van der Waals surface area (Å²) < 4.78 is 1.14. The monoisotopic (exact) mass is 318 g/mol. The number of thiazole rings is 1. The Hall–Kier alpha value is -1.99. The van der Waals surface area contributed by atoms with Gasteiger partial charge in [-0.05, 0) is 26.1 Å². The maximum atomic E-state index is 12.4. The molecule has 22 heavy (non-hydrogen) atoms. The highest BCUT2D eigenvalue weighted by Gasteiger charge is 2.31. The Bertz CT molecular complexity index is 681.